The number of benzene rings is 1. The molecular formula is C13H14BrIN2O2. The topological polar surface area (TPSA) is 40.6 Å². The average molecular weight is 437 g/mol. The van der Waals surface area contributed by atoms with Crippen LogP contribution in [0.5, 0.6) is 0 Å². The van der Waals surface area contributed by atoms with Crippen molar-refractivity contribution in [3.63, 3.8) is 0 Å². The number of carbonyl (C=O) groups is 2. The van der Waals surface area contributed by atoms with Gasteiger partial charge in [0.1, 0.15) is 0 Å². The second-order valence-electron chi connectivity index (χ2n) is 4.42. The fourth-order valence-corrected chi connectivity index (χ4v) is 2.98. The third kappa shape index (κ3) is 3.47. The largest absolute Gasteiger partial charge is 0.339 e. The Bertz CT molecular complexity index is 513. The van der Waals surface area contributed by atoms with E-state index in [1.165, 1.54) is 0 Å². The van der Waals surface area contributed by atoms with Crippen LogP contribution in [0.15, 0.2) is 22.7 Å². The molecule has 1 heterocycles. The Hall–Kier alpha value is -0.630. The summed E-state index contributed by atoms with van der Waals surface area (Å²) in [6, 6.07) is 5.69. The van der Waals surface area contributed by atoms with Crippen LogP contribution < -0.4 is 0 Å². The number of hydrogen-bond acceptors (Lipinski definition) is 2. The molecular weight excluding hydrogens is 423 g/mol. The van der Waals surface area contributed by atoms with E-state index in [2.05, 4.69) is 38.5 Å². The molecule has 0 spiro atoms. The number of carbonyl (C=O) groups excluding carboxylic acids is 2. The van der Waals surface area contributed by atoms with Gasteiger partial charge in [-0.1, -0.05) is 15.9 Å². The van der Waals surface area contributed by atoms with Crippen molar-refractivity contribution in [3.05, 3.63) is 31.8 Å². The minimum atomic E-state index is 0.0360. The summed E-state index contributed by atoms with van der Waals surface area (Å²) in [6.07, 6.45) is 0. The van der Waals surface area contributed by atoms with Gasteiger partial charge in [0.25, 0.3) is 5.91 Å². The van der Waals surface area contributed by atoms with Crippen molar-refractivity contribution in [2.45, 2.75) is 6.92 Å². The van der Waals surface area contributed by atoms with E-state index in [0.717, 1.165) is 8.04 Å². The molecule has 0 aliphatic carbocycles. The molecule has 0 atom stereocenters. The molecule has 102 valence electrons. The SMILES string of the molecule is CC(=O)N1CCN(C(=O)c2cc(Br)ccc2I)CC1. The maximum Gasteiger partial charge on any atom is 0.255 e. The minimum Gasteiger partial charge on any atom is -0.339 e. The summed E-state index contributed by atoms with van der Waals surface area (Å²) in [5, 5.41) is 0. The highest BCUT2D eigenvalue weighted by atomic mass is 127. The van der Waals surface area contributed by atoms with Crippen molar-refractivity contribution < 1.29 is 9.59 Å². The van der Waals surface area contributed by atoms with Crippen LogP contribution in [0.2, 0.25) is 0 Å². The monoisotopic (exact) mass is 436 g/mol. The molecule has 0 radical (unpaired) electrons. The van der Waals surface area contributed by atoms with Crippen LogP contribution in [0.1, 0.15) is 17.3 Å². The van der Waals surface area contributed by atoms with Crippen molar-refractivity contribution in [3.8, 4) is 0 Å². The zero-order chi connectivity index (χ0) is 14.0. The third-order valence-electron chi connectivity index (χ3n) is 3.17. The molecule has 1 aromatic rings. The minimum absolute atomic E-state index is 0.0360. The lowest BCUT2D eigenvalue weighted by molar-refractivity contribution is -0.130. The summed E-state index contributed by atoms with van der Waals surface area (Å²) >= 11 is 5.56. The molecule has 0 N–H and O–H groups in total. The zero-order valence-corrected chi connectivity index (χ0v) is 14.3. The number of amides is 2. The first kappa shape index (κ1) is 14.8. The zero-order valence-electron chi connectivity index (χ0n) is 10.5. The summed E-state index contributed by atoms with van der Waals surface area (Å²) < 4.78 is 1.85. The Kier molecular flexibility index (Phi) is 4.83. The van der Waals surface area contributed by atoms with Gasteiger partial charge in [0, 0.05) is 41.1 Å². The van der Waals surface area contributed by atoms with Crippen LogP contribution in [-0.2, 0) is 4.79 Å². The van der Waals surface area contributed by atoms with E-state index in [-0.39, 0.29) is 11.8 Å². The highest BCUT2D eigenvalue weighted by Gasteiger charge is 2.24. The van der Waals surface area contributed by atoms with Gasteiger partial charge in [-0.2, -0.15) is 0 Å². The van der Waals surface area contributed by atoms with Crippen LogP contribution in [-0.4, -0.2) is 47.8 Å². The van der Waals surface area contributed by atoms with Crippen LogP contribution >= 0.6 is 38.5 Å². The third-order valence-corrected chi connectivity index (χ3v) is 4.60. The highest BCUT2D eigenvalue weighted by molar-refractivity contribution is 14.1. The van der Waals surface area contributed by atoms with Crippen molar-refractivity contribution >= 4 is 50.3 Å². The Balaban J connectivity index is 2.09. The molecule has 1 aliphatic rings. The number of hydrogen-bond donors (Lipinski definition) is 0. The van der Waals surface area contributed by atoms with Gasteiger partial charge < -0.3 is 9.80 Å². The van der Waals surface area contributed by atoms with Crippen molar-refractivity contribution in [2.75, 3.05) is 26.2 Å². The molecule has 19 heavy (non-hydrogen) atoms. The van der Waals surface area contributed by atoms with Crippen molar-refractivity contribution in [1.29, 1.82) is 0 Å². The van der Waals surface area contributed by atoms with E-state index >= 15 is 0 Å². The van der Waals surface area contributed by atoms with Gasteiger partial charge in [-0.3, -0.25) is 9.59 Å². The predicted octanol–water partition coefficient (Wildman–Crippen LogP) is 2.36. The van der Waals surface area contributed by atoms with E-state index in [9.17, 15) is 9.59 Å². The van der Waals surface area contributed by atoms with Gasteiger partial charge >= 0.3 is 0 Å². The van der Waals surface area contributed by atoms with Gasteiger partial charge in [0.15, 0.2) is 0 Å². The fraction of sp³-hybridized carbons (Fsp3) is 0.385. The lowest BCUT2D eigenvalue weighted by Crippen LogP contribution is -2.50. The molecule has 1 fully saturated rings. The Morgan fingerprint density at radius 2 is 1.74 bits per heavy atom. The lowest BCUT2D eigenvalue weighted by Gasteiger charge is -2.34. The van der Waals surface area contributed by atoms with E-state index < -0.39 is 0 Å². The molecule has 0 saturated carbocycles. The number of halogens is 2. The van der Waals surface area contributed by atoms with Crippen LogP contribution in [0.25, 0.3) is 0 Å². The second-order valence-corrected chi connectivity index (χ2v) is 6.50. The second kappa shape index (κ2) is 6.21. The molecule has 1 saturated heterocycles. The molecule has 1 aliphatic heterocycles. The van der Waals surface area contributed by atoms with Crippen molar-refractivity contribution in [1.82, 2.24) is 9.80 Å². The molecule has 6 heteroatoms. The maximum absolute atomic E-state index is 12.4. The molecule has 0 aromatic heterocycles. The molecule has 0 unspecified atom stereocenters. The summed E-state index contributed by atoms with van der Waals surface area (Å²) in [5.41, 5.74) is 0.714. The standard InChI is InChI=1S/C13H14BrIN2O2/c1-9(18)16-4-6-17(7-5-16)13(19)11-8-10(14)2-3-12(11)15/h2-3,8H,4-7H2,1H3. The van der Waals surface area contributed by atoms with Gasteiger partial charge in [0.2, 0.25) is 5.91 Å². The summed E-state index contributed by atoms with van der Waals surface area (Å²) in [5.74, 6) is 0.109. The first-order valence-corrected chi connectivity index (χ1v) is 7.86. The quantitative estimate of drug-likeness (QED) is 0.634. The lowest BCUT2D eigenvalue weighted by atomic mass is 10.2. The molecule has 2 rings (SSSR count). The van der Waals surface area contributed by atoms with Gasteiger partial charge in [-0.25, -0.2) is 0 Å². The fourth-order valence-electron chi connectivity index (χ4n) is 2.06. The van der Waals surface area contributed by atoms with E-state index in [0.29, 0.717) is 31.7 Å². The Labute approximate surface area is 134 Å². The summed E-state index contributed by atoms with van der Waals surface area (Å²) in [4.78, 5) is 27.3. The van der Waals surface area contributed by atoms with Crippen LogP contribution in [0.4, 0.5) is 0 Å². The van der Waals surface area contributed by atoms with Gasteiger partial charge in [0.05, 0.1) is 5.56 Å². The highest BCUT2D eigenvalue weighted by Crippen LogP contribution is 2.20. The average Bonchev–Trinajstić information content (AvgIpc) is 2.41. The number of piperazine rings is 1. The maximum atomic E-state index is 12.4. The number of rotatable bonds is 1. The number of nitrogens with zero attached hydrogens (tertiary/aromatic N) is 2. The Morgan fingerprint density at radius 3 is 2.32 bits per heavy atom. The molecule has 4 nitrogen and oxygen atoms in total. The van der Waals surface area contributed by atoms with Crippen LogP contribution in [0, 0.1) is 3.57 Å². The van der Waals surface area contributed by atoms with E-state index in [4.69, 9.17) is 0 Å². The van der Waals surface area contributed by atoms with Crippen molar-refractivity contribution in [2.24, 2.45) is 0 Å². The molecule has 2 amide bonds. The smallest absolute Gasteiger partial charge is 0.255 e. The first-order chi connectivity index (χ1) is 8.99. The van der Waals surface area contributed by atoms with Gasteiger partial charge in [-0.05, 0) is 40.8 Å². The van der Waals surface area contributed by atoms with E-state index in [1.807, 2.05) is 23.1 Å². The molecule has 0 bridgehead atoms. The van der Waals surface area contributed by atoms with Crippen LogP contribution in [0.3, 0.4) is 0 Å². The molecule has 1 aromatic carbocycles. The predicted molar refractivity (Wildman–Crippen MR) is 85.0 cm³/mol. The summed E-state index contributed by atoms with van der Waals surface area (Å²) in [7, 11) is 0. The normalized spacial score (nSPS) is 15.5. The summed E-state index contributed by atoms with van der Waals surface area (Å²) in [6.45, 7) is 3.99. The van der Waals surface area contributed by atoms with Gasteiger partial charge in [-0.15, -0.1) is 0 Å². The van der Waals surface area contributed by atoms with E-state index in [1.54, 1.807) is 11.8 Å². The Morgan fingerprint density at radius 1 is 1.16 bits per heavy atom. The first-order valence-electron chi connectivity index (χ1n) is 5.99.